The lowest BCUT2D eigenvalue weighted by Crippen LogP contribution is -2.04. The lowest BCUT2D eigenvalue weighted by molar-refractivity contribution is -0.0528. The number of rotatable bonds is 4. The van der Waals surface area contributed by atoms with Gasteiger partial charge in [0.05, 0.1) is 24.3 Å². The van der Waals surface area contributed by atoms with Crippen LogP contribution in [0, 0.1) is 11.2 Å². The summed E-state index contributed by atoms with van der Waals surface area (Å²) < 4.78 is 34.4. The summed E-state index contributed by atoms with van der Waals surface area (Å²) in [4.78, 5) is 8.41. The van der Waals surface area contributed by atoms with E-state index in [-0.39, 0.29) is 5.88 Å². The number of fused-ring (bicyclic) bond motifs is 1. The van der Waals surface area contributed by atoms with Crippen LogP contribution in [0.5, 0.6) is 11.6 Å². The monoisotopic (exact) mass is 484 g/mol. The van der Waals surface area contributed by atoms with E-state index < -0.39 is 6.61 Å². The Kier molecular flexibility index (Phi) is 6.11. The Hall–Kier alpha value is -2.12. The quantitative estimate of drug-likeness (QED) is 0.372. The van der Waals surface area contributed by atoms with Crippen molar-refractivity contribution in [3.63, 3.8) is 0 Å². The molecule has 0 atom stereocenters. The SMILES string of the molecule is COc1ccc(-c2cc(C#CSI)cc3nc(OC(F)F)cnc23)cc1. The molecule has 0 aliphatic heterocycles. The molecule has 0 unspecified atom stereocenters. The van der Waals surface area contributed by atoms with Gasteiger partial charge in [0.25, 0.3) is 0 Å². The van der Waals surface area contributed by atoms with Crippen LogP contribution >= 0.6 is 30.1 Å². The molecular formula is C18H11F2IN2O2S. The molecule has 26 heavy (non-hydrogen) atoms. The normalized spacial score (nSPS) is 10.5. The first kappa shape index (κ1) is 18.7. The van der Waals surface area contributed by atoms with Gasteiger partial charge in [-0.15, -0.1) is 0 Å². The number of aromatic nitrogens is 2. The summed E-state index contributed by atoms with van der Waals surface area (Å²) in [6.07, 6.45) is 1.19. The van der Waals surface area contributed by atoms with Crippen LogP contribution in [0.15, 0.2) is 42.6 Å². The molecule has 0 aliphatic rings. The second-order valence-corrected chi connectivity index (χ2v) is 6.69. The molecule has 3 aromatic rings. The van der Waals surface area contributed by atoms with Crippen LogP contribution in [-0.4, -0.2) is 23.7 Å². The standard InChI is InChI=1S/C18H11F2IN2O2S/c1-24-13-4-2-12(3-5-13)14-8-11(6-7-26-21)9-15-17(14)22-10-16(23-15)25-18(19)20/h2-5,8-10,18H,1H3. The summed E-state index contributed by atoms with van der Waals surface area (Å²) in [7, 11) is 2.95. The molecule has 0 radical (unpaired) electrons. The van der Waals surface area contributed by atoms with Crippen LogP contribution < -0.4 is 9.47 Å². The number of halogens is 3. The molecule has 8 heteroatoms. The molecule has 0 aliphatic carbocycles. The molecular weight excluding hydrogens is 473 g/mol. The van der Waals surface area contributed by atoms with Crippen molar-refractivity contribution in [1.29, 1.82) is 0 Å². The molecule has 3 rings (SSSR count). The summed E-state index contributed by atoms with van der Waals surface area (Å²) >= 11 is 2.08. The van der Waals surface area contributed by atoms with E-state index in [0.29, 0.717) is 16.6 Å². The number of methoxy groups -OCH3 is 1. The zero-order chi connectivity index (χ0) is 18.5. The highest BCUT2D eigenvalue weighted by molar-refractivity contribution is 14.2. The van der Waals surface area contributed by atoms with E-state index in [1.54, 1.807) is 13.2 Å². The van der Waals surface area contributed by atoms with E-state index in [1.165, 1.54) is 15.1 Å². The van der Waals surface area contributed by atoms with Crippen molar-refractivity contribution in [3.8, 4) is 33.9 Å². The zero-order valence-electron chi connectivity index (χ0n) is 13.4. The van der Waals surface area contributed by atoms with Crippen LogP contribution in [0.1, 0.15) is 5.56 Å². The predicted octanol–water partition coefficient (Wildman–Crippen LogP) is 5.30. The minimum atomic E-state index is -2.96. The lowest BCUT2D eigenvalue weighted by atomic mass is 10.0. The average molecular weight is 484 g/mol. The third-order valence-electron chi connectivity index (χ3n) is 3.47. The van der Waals surface area contributed by atoms with Crippen molar-refractivity contribution in [1.82, 2.24) is 9.97 Å². The van der Waals surface area contributed by atoms with E-state index in [9.17, 15) is 8.78 Å². The Balaban J connectivity index is 2.17. The summed E-state index contributed by atoms with van der Waals surface area (Å²) in [5.41, 5.74) is 3.39. The number of nitrogens with zero attached hydrogens (tertiary/aromatic N) is 2. The fourth-order valence-corrected chi connectivity index (χ4v) is 2.88. The zero-order valence-corrected chi connectivity index (χ0v) is 16.3. The maximum Gasteiger partial charge on any atom is 0.388 e. The van der Waals surface area contributed by atoms with Gasteiger partial charge in [0, 0.05) is 32.3 Å². The van der Waals surface area contributed by atoms with Crippen LogP contribution in [0.25, 0.3) is 22.2 Å². The van der Waals surface area contributed by atoms with Gasteiger partial charge in [-0.2, -0.15) is 8.78 Å². The fraction of sp³-hybridized carbons (Fsp3) is 0.111. The third-order valence-corrected chi connectivity index (χ3v) is 4.31. The van der Waals surface area contributed by atoms with Crippen LogP contribution in [0.2, 0.25) is 0 Å². The van der Waals surface area contributed by atoms with Crippen LogP contribution in [0.3, 0.4) is 0 Å². The number of ether oxygens (including phenoxy) is 2. The molecule has 132 valence electrons. The molecule has 0 N–H and O–H groups in total. The Morgan fingerprint density at radius 3 is 2.62 bits per heavy atom. The Morgan fingerprint density at radius 2 is 1.96 bits per heavy atom. The minimum absolute atomic E-state index is 0.235. The first-order chi connectivity index (χ1) is 12.6. The first-order valence-electron chi connectivity index (χ1n) is 7.29. The molecule has 0 saturated heterocycles. The Labute approximate surface area is 164 Å². The highest BCUT2D eigenvalue weighted by Crippen LogP contribution is 2.30. The highest BCUT2D eigenvalue weighted by atomic mass is 127. The molecule has 0 fully saturated rings. The average Bonchev–Trinajstić information content (AvgIpc) is 2.65. The van der Waals surface area contributed by atoms with E-state index in [0.717, 1.165) is 16.9 Å². The van der Waals surface area contributed by atoms with E-state index in [1.807, 2.05) is 30.3 Å². The van der Waals surface area contributed by atoms with Crippen molar-refractivity contribution in [3.05, 3.63) is 48.2 Å². The number of hydrogen-bond donors (Lipinski definition) is 0. The van der Waals surface area contributed by atoms with Gasteiger partial charge in [0.2, 0.25) is 5.88 Å². The highest BCUT2D eigenvalue weighted by Gasteiger charge is 2.12. The van der Waals surface area contributed by atoms with Crippen molar-refractivity contribution in [2.45, 2.75) is 6.61 Å². The molecule has 2 aromatic carbocycles. The van der Waals surface area contributed by atoms with Gasteiger partial charge < -0.3 is 9.47 Å². The van der Waals surface area contributed by atoms with Crippen molar-refractivity contribution in [2.24, 2.45) is 0 Å². The number of hydrogen-bond acceptors (Lipinski definition) is 5. The lowest BCUT2D eigenvalue weighted by Gasteiger charge is -2.10. The maximum absolute atomic E-state index is 12.5. The first-order valence-corrected chi connectivity index (χ1v) is 10.7. The molecule has 0 spiro atoms. The van der Waals surface area contributed by atoms with Gasteiger partial charge in [-0.25, -0.2) is 9.97 Å². The van der Waals surface area contributed by atoms with Gasteiger partial charge in [-0.05, 0) is 44.0 Å². The third kappa shape index (κ3) is 4.34. The fourth-order valence-electron chi connectivity index (χ4n) is 2.40. The molecule has 1 heterocycles. The van der Waals surface area contributed by atoms with E-state index >= 15 is 0 Å². The van der Waals surface area contributed by atoms with E-state index in [2.05, 4.69) is 47.1 Å². The van der Waals surface area contributed by atoms with Gasteiger partial charge in [-0.1, -0.05) is 18.1 Å². The van der Waals surface area contributed by atoms with Crippen molar-refractivity contribution < 1.29 is 18.3 Å². The van der Waals surface area contributed by atoms with Crippen LogP contribution in [0.4, 0.5) is 8.78 Å². The van der Waals surface area contributed by atoms with Crippen LogP contribution in [-0.2, 0) is 0 Å². The van der Waals surface area contributed by atoms with Gasteiger partial charge in [0.15, 0.2) is 0 Å². The van der Waals surface area contributed by atoms with E-state index in [4.69, 9.17) is 4.74 Å². The second kappa shape index (κ2) is 8.51. The topological polar surface area (TPSA) is 44.2 Å². The summed E-state index contributed by atoms with van der Waals surface area (Å²) in [6, 6.07) is 11.1. The van der Waals surface area contributed by atoms with Crippen molar-refractivity contribution in [2.75, 3.05) is 7.11 Å². The largest absolute Gasteiger partial charge is 0.497 e. The molecule has 0 amide bonds. The summed E-state index contributed by atoms with van der Waals surface area (Å²) in [5.74, 6) is 3.50. The molecule has 0 saturated carbocycles. The second-order valence-electron chi connectivity index (χ2n) is 5.01. The number of benzene rings is 2. The molecule has 4 nitrogen and oxygen atoms in total. The predicted molar refractivity (Wildman–Crippen MR) is 107 cm³/mol. The Bertz CT molecular complexity index is 988. The molecule has 0 bridgehead atoms. The van der Waals surface area contributed by atoms with Crippen molar-refractivity contribution >= 4 is 41.2 Å². The summed E-state index contributed by atoms with van der Waals surface area (Å²) in [5, 5.41) is 2.91. The smallest absolute Gasteiger partial charge is 0.388 e. The maximum atomic E-state index is 12.5. The number of alkyl halides is 2. The summed E-state index contributed by atoms with van der Waals surface area (Å²) in [6.45, 7) is -2.96. The van der Waals surface area contributed by atoms with Gasteiger partial charge in [-0.3, -0.25) is 0 Å². The van der Waals surface area contributed by atoms with Gasteiger partial charge >= 0.3 is 6.61 Å². The Morgan fingerprint density at radius 1 is 1.19 bits per heavy atom. The van der Waals surface area contributed by atoms with Gasteiger partial charge in [0.1, 0.15) is 5.75 Å². The minimum Gasteiger partial charge on any atom is -0.497 e. The molecule has 1 aromatic heterocycles.